The first-order chi connectivity index (χ1) is 17.0. The molecule has 1 saturated heterocycles. The Morgan fingerprint density at radius 3 is 2.31 bits per heavy atom. The number of hydroxylamine groups is 1. The number of para-hydroxylation sites is 1. The minimum absolute atomic E-state index is 0.0976. The van der Waals surface area contributed by atoms with E-state index in [1.54, 1.807) is 10.4 Å². The lowest BCUT2D eigenvalue weighted by Crippen LogP contribution is -2.54. The molecule has 4 rings (SSSR count). The Hall–Kier alpha value is -2.85. The van der Waals surface area contributed by atoms with Gasteiger partial charge in [0.1, 0.15) is 6.10 Å². The highest BCUT2D eigenvalue weighted by Crippen LogP contribution is 2.34. The van der Waals surface area contributed by atoms with Crippen molar-refractivity contribution < 1.29 is 29.4 Å². The molecular weight excluding hydrogens is 452 g/mol. The second-order valence-electron chi connectivity index (χ2n) is 9.78. The van der Waals surface area contributed by atoms with Gasteiger partial charge in [-0.3, -0.25) is 14.8 Å². The van der Waals surface area contributed by atoms with Crippen molar-refractivity contribution in [1.82, 2.24) is 15.7 Å². The van der Waals surface area contributed by atoms with Crippen molar-refractivity contribution in [2.75, 3.05) is 31.1 Å². The average molecular weight is 489 g/mol. The molecule has 0 aromatic heterocycles. The van der Waals surface area contributed by atoms with Crippen LogP contribution < -0.4 is 15.7 Å². The number of carbonyl (C=O) groups is 3. The number of carbonyl (C=O) groups excluding carboxylic acids is 3. The molecule has 1 aromatic rings. The number of amides is 3. The number of anilines is 1. The number of nitrogens with zero attached hydrogens (tertiary/aromatic N) is 2. The van der Waals surface area contributed by atoms with E-state index in [0.29, 0.717) is 51.9 Å². The molecule has 1 aliphatic heterocycles. The van der Waals surface area contributed by atoms with Gasteiger partial charge in [0.15, 0.2) is 0 Å². The van der Waals surface area contributed by atoms with Crippen LogP contribution in [-0.2, 0) is 14.3 Å². The number of nitrogens with one attached hydrogen (secondary N) is 2. The van der Waals surface area contributed by atoms with Gasteiger partial charge in [-0.15, -0.1) is 0 Å². The largest absolute Gasteiger partial charge is 0.446 e. The zero-order valence-electron chi connectivity index (χ0n) is 20.0. The molecule has 192 valence electrons. The maximum atomic E-state index is 13.4. The molecule has 2 aliphatic carbocycles. The topological polar surface area (TPSA) is 131 Å². The van der Waals surface area contributed by atoms with Crippen molar-refractivity contribution in [2.24, 2.45) is 11.8 Å². The molecule has 0 radical (unpaired) electrons. The van der Waals surface area contributed by atoms with Crippen LogP contribution in [0.1, 0.15) is 44.9 Å². The Bertz CT molecular complexity index is 876. The highest BCUT2D eigenvalue weighted by atomic mass is 16.6. The van der Waals surface area contributed by atoms with Crippen molar-refractivity contribution in [2.45, 2.75) is 63.2 Å². The van der Waals surface area contributed by atoms with E-state index in [1.165, 1.54) is 0 Å². The van der Waals surface area contributed by atoms with Crippen LogP contribution in [0.2, 0.25) is 0 Å². The summed E-state index contributed by atoms with van der Waals surface area (Å²) in [6, 6.07) is 9.71. The second kappa shape index (κ2) is 11.7. The van der Waals surface area contributed by atoms with Crippen molar-refractivity contribution in [3.63, 3.8) is 0 Å². The molecule has 10 nitrogen and oxygen atoms in total. The third kappa shape index (κ3) is 6.24. The zero-order chi connectivity index (χ0) is 24.8. The molecule has 5 atom stereocenters. The van der Waals surface area contributed by atoms with Crippen LogP contribution >= 0.6 is 0 Å². The fraction of sp³-hybridized carbons (Fsp3) is 0.640. The van der Waals surface area contributed by atoms with Crippen LogP contribution in [0.4, 0.5) is 10.5 Å². The number of hydrogen-bond acceptors (Lipinski definition) is 7. The fourth-order valence-electron chi connectivity index (χ4n) is 5.58. The maximum Gasteiger partial charge on any atom is 0.407 e. The molecule has 0 bridgehead atoms. The monoisotopic (exact) mass is 488 g/mol. The molecule has 4 N–H and O–H groups in total. The summed E-state index contributed by atoms with van der Waals surface area (Å²) in [4.78, 5) is 42.2. The summed E-state index contributed by atoms with van der Waals surface area (Å²) >= 11 is 0. The molecule has 0 spiro atoms. The van der Waals surface area contributed by atoms with Crippen LogP contribution in [0.3, 0.4) is 0 Å². The standard InChI is InChI=1S/C25H36N4O6/c30-22-9-5-4-8-21(22)26-25(33)35-18-10-11-19(20(16-18)23(31)27-34)24(32)29-14-12-28(13-15-29)17-6-2-1-3-7-17/h1-3,6-7,18-22,30,34H,4-5,8-16H2,(H,26,33)(H,27,31)/t18-,19+,20+,21?,22-/m1/s1. The summed E-state index contributed by atoms with van der Waals surface area (Å²) in [5, 5.41) is 22.1. The van der Waals surface area contributed by atoms with Gasteiger partial charge in [-0.2, -0.15) is 0 Å². The number of ether oxygens (including phenoxy) is 1. The molecular formula is C25H36N4O6. The Morgan fingerprint density at radius 1 is 0.914 bits per heavy atom. The minimum Gasteiger partial charge on any atom is -0.446 e. The summed E-state index contributed by atoms with van der Waals surface area (Å²) in [5.41, 5.74) is 2.81. The van der Waals surface area contributed by atoms with Crippen molar-refractivity contribution in [1.29, 1.82) is 0 Å². The molecule has 35 heavy (non-hydrogen) atoms. The third-order valence-corrected chi connectivity index (χ3v) is 7.59. The number of piperazine rings is 1. The van der Waals surface area contributed by atoms with Crippen molar-refractivity contribution >= 4 is 23.6 Å². The summed E-state index contributed by atoms with van der Waals surface area (Å²) in [6.45, 7) is 2.53. The molecule has 3 aliphatic rings. The van der Waals surface area contributed by atoms with E-state index in [9.17, 15) is 24.7 Å². The van der Waals surface area contributed by atoms with Gasteiger partial charge in [0, 0.05) is 31.9 Å². The number of hydrogen-bond donors (Lipinski definition) is 4. The van der Waals surface area contributed by atoms with Gasteiger partial charge < -0.3 is 25.0 Å². The van der Waals surface area contributed by atoms with Crippen LogP contribution in [0.5, 0.6) is 0 Å². The Kier molecular flexibility index (Phi) is 8.46. The number of aliphatic hydroxyl groups is 1. The quantitative estimate of drug-likeness (QED) is 0.366. The smallest absolute Gasteiger partial charge is 0.407 e. The summed E-state index contributed by atoms with van der Waals surface area (Å²) in [6.07, 6.45) is 2.48. The van der Waals surface area contributed by atoms with E-state index >= 15 is 0 Å². The number of rotatable bonds is 5. The molecule has 10 heteroatoms. The lowest BCUT2D eigenvalue weighted by molar-refractivity contribution is -0.149. The van der Waals surface area contributed by atoms with Gasteiger partial charge in [-0.25, -0.2) is 10.3 Å². The van der Waals surface area contributed by atoms with E-state index in [2.05, 4.69) is 10.2 Å². The lowest BCUT2D eigenvalue weighted by atomic mass is 9.76. The normalized spacial score (nSPS) is 29.3. The molecule has 1 heterocycles. The van der Waals surface area contributed by atoms with E-state index in [4.69, 9.17) is 4.74 Å². The zero-order valence-corrected chi connectivity index (χ0v) is 20.0. The Labute approximate surface area is 205 Å². The van der Waals surface area contributed by atoms with Crippen molar-refractivity contribution in [3.8, 4) is 0 Å². The Balaban J connectivity index is 1.32. The first-order valence-corrected chi connectivity index (χ1v) is 12.6. The van der Waals surface area contributed by atoms with E-state index in [1.807, 2.05) is 30.3 Å². The predicted molar refractivity (Wildman–Crippen MR) is 128 cm³/mol. The lowest BCUT2D eigenvalue weighted by Gasteiger charge is -2.40. The summed E-state index contributed by atoms with van der Waals surface area (Å²) < 4.78 is 5.55. The van der Waals surface area contributed by atoms with Crippen LogP contribution in [0, 0.1) is 11.8 Å². The molecule has 3 amide bonds. The average Bonchev–Trinajstić information content (AvgIpc) is 2.89. The van der Waals surface area contributed by atoms with E-state index in [0.717, 1.165) is 18.5 Å². The van der Waals surface area contributed by atoms with Crippen LogP contribution in [0.15, 0.2) is 30.3 Å². The minimum atomic E-state index is -0.786. The van der Waals surface area contributed by atoms with Gasteiger partial charge in [-0.1, -0.05) is 31.0 Å². The SMILES string of the molecule is O=C(NC1CCCC[C@H]1O)O[C@@H]1CC[C@H](C(=O)N2CCN(c3ccccc3)CC2)[C@@H](C(=O)NO)C1. The van der Waals surface area contributed by atoms with Gasteiger partial charge in [0.25, 0.3) is 0 Å². The van der Waals surface area contributed by atoms with Crippen molar-refractivity contribution in [3.05, 3.63) is 30.3 Å². The second-order valence-corrected chi connectivity index (χ2v) is 9.78. The number of benzene rings is 1. The maximum absolute atomic E-state index is 13.4. The first kappa shape index (κ1) is 25.2. The molecule has 2 saturated carbocycles. The molecule has 1 aromatic carbocycles. The van der Waals surface area contributed by atoms with Gasteiger partial charge in [0.05, 0.1) is 24.0 Å². The Morgan fingerprint density at radius 2 is 1.63 bits per heavy atom. The van der Waals surface area contributed by atoms with Gasteiger partial charge in [-0.05, 0) is 44.2 Å². The van der Waals surface area contributed by atoms with Gasteiger partial charge in [0.2, 0.25) is 11.8 Å². The number of alkyl carbamates (subject to hydrolysis) is 1. The third-order valence-electron chi connectivity index (χ3n) is 7.59. The highest BCUT2D eigenvalue weighted by Gasteiger charge is 2.42. The van der Waals surface area contributed by atoms with Gasteiger partial charge >= 0.3 is 6.09 Å². The fourth-order valence-corrected chi connectivity index (χ4v) is 5.58. The summed E-state index contributed by atoms with van der Waals surface area (Å²) in [7, 11) is 0. The van der Waals surface area contributed by atoms with E-state index < -0.39 is 36.0 Å². The highest BCUT2D eigenvalue weighted by molar-refractivity contribution is 5.87. The predicted octanol–water partition coefficient (Wildman–Crippen LogP) is 1.66. The first-order valence-electron chi connectivity index (χ1n) is 12.6. The number of aliphatic hydroxyl groups excluding tert-OH is 1. The molecule has 1 unspecified atom stereocenters. The van der Waals surface area contributed by atoms with E-state index in [-0.39, 0.29) is 18.4 Å². The van der Waals surface area contributed by atoms with Crippen LogP contribution in [-0.4, -0.2) is 77.6 Å². The van der Waals surface area contributed by atoms with Crippen LogP contribution in [0.25, 0.3) is 0 Å². The molecule has 3 fully saturated rings. The summed E-state index contributed by atoms with van der Waals surface area (Å²) in [5.74, 6) is -2.10.